The second-order valence-corrected chi connectivity index (χ2v) is 9.87. The lowest BCUT2D eigenvalue weighted by molar-refractivity contribution is -0.143. The molecule has 0 saturated carbocycles. The molecular weight excluding hydrogens is 449 g/mol. The van der Waals surface area contributed by atoms with Gasteiger partial charge in [-0.2, -0.15) is 0 Å². The highest BCUT2D eigenvalue weighted by Crippen LogP contribution is 2.43. The summed E-state index contributed by atoms with van der Waals surface area (Å²) in [5, 5.41) is 24.2. The number of aliphatic hydroxyl groups is 2. The van der Waals surface area contributed by atoms with Crippen LogP contribution < -0.4 is 5.32 Å². The molecule has 2 rings (SSSR count). The molecule has 0 amide bonds. The van der Waals surface area contributed by atoms with Gasteiger partial charge in [0.2, 0.25) is 0 Å². The van der Waals surface area contributed by atoms with Crippen LogP contribution in [0.15, 0.2) is 53.3 Å². The average Bonchev–Trinajstić information content (AvgIpc) is 2.77. The Morgan fingerprint density at radius 3 is 2.23 bits per heavy atom. The molecule has 0 spiro atoms. The number of allylic oxidation sites excluding steroid dienone is 4. The van der Waals surface area contributed by atoms with Crippen LogP contribution in [0.1, 0.15) is 59.9 Å². The molecule has 0 aromatic heterocycles. The molecule has 35 heavy (non-hydrogen) atoms. The molecule has 1 aliphatic heterocycles. The van der Waals surface area contributed by atoms with Gasteiger partial charge in [0.05, 0.1) is 31.3 Å². The summed E-state index contributed by atoms with van der Waals surface area (Å²) in [4.78, 5) is 24.5. The van der Waals surface area contributed by atoms with Gasteiger partial charge in [0.1, 0.15) is 5.82 Å². The summed E-state index contributed by atoms with van der Waals surface area (Å²) in [6, 6.07) is 6.04. The number of nitrogens with one attached hydrogen (secondary N) is 1. The molecule has 1 aliphatic rings. The van der Waals surface area contributed by atoms with Gasteiger partial charge in [-0.1, -0.05) is 52.0 Å². The minimum Gasteiger partial charge on any atom is -0.469 e. The summed E-state index contributed by atoms with van der Waals surface area (Å²) >= 11 is 0. The zero-order valence-corrected chi connectivity index (χ0v) is 21.7. The fourth-order valence-corrected chi connectivity index (χ4v) is 4.38. The maximum absolute atomic E-state index is 13.8. The molecule has 192 valence electrons. The van der Waals surface area contributed by atoms with Crippen LogP contribution in [0, 0.1) is 17.7 Å². The summed E-state index contributed by atoms with van der Waals surface area (Å²) < 4.78 is 18.3. The standard InChI is InChI=1S/C28H38FNO5/c1-16(2)27-23(13-12-21(32)14-22(33)15-24(34)35-7)25(19-8-10-20(29)11-9-19)26(18(5)31)28(6,30-27)17(3)4/h8-13,16-17,21-22,30,32-33H,14-15H2,1-7H3. The van der Waals surface area contributed by atoms with Gasteiger partial charge in [-0.25, -0.2) is 4.39 Å². The van der Waals surface area contributed by atoms with E-state index in [0.717, 1.165) is 11.3 Å². The van der Waals surface area contributed by atoms with E-state index >= 15 is 0 Å². The number of halogens is 1. The van der Waals surface area contributed by atoms with Crippen LogP contribution in [0.3, 0.4) is 0 Å². The predicted octanol–water partition coefficient (Wildman–Crippen LogP) is 4.33. The topological polar surface area (TPSA) is 95.9 Å². The molecule has 0 aliphatic carbocycles. The van der Waals surface area contributed by atoms with E-state index in [1.54, 1.807) is 24.3 Å². The van der Waals surface area contributed by atoms with E-state index in [4.69, 9.17) is 0 Å². The first-order chi connectivity index (χ1) is 16.3. The molecule has 1 aromatic rings. The minimum atomic E-state index is -1.06. The Morgan fingerprint density at radius 1 is 1.14 bits per heavy atom. The summed E-state index contributed by atoms with van der Waals surface area (Å²) in [5.41, 5.74) is 2.92. The normalized spacial score (nSPS) is 20.5. The number of hydrogen-bond acceptors (Lipinski definition) is 6. The Morgan fingerprint density at radius 2 is 1.74 bits per heavy atom. The largest absolute Gasteiger partial charge is 0.469 e. The maximum Gasteiger partial charge on any atom is 0.308 e. The number of ether oxygens (including phenoxy) is 1. The van der Waals surface area contributed by atoms with Crippen molar-refractivity contribution in [3.05, 3.63) is 64.6 Å². The average molecular weight is 488 g/mol. The Labute approximate surface area is 207 Å². The van der Waals surface area contributed by atoms with E-state index < -0.39 is 23.7 Å². The Kier molecular flexibility index (Phi) is 9.58. The molecule has 0 saturated heterocycles. The van der Waals surface area contributed by atoms with Crippen molar-refractivity contribution in [1.29, 1.82) is 0 Å². The lowest BCUT2D eigenvalue weighted by Crippen LogP contribution is -2.53. The highest BCUT2D eigenvalue weighted by atomic mass is 19.1. The van der Waals surface area contributed by atoms with Gasteiger partial charge in [-0.05, 0) is 49.0 Å². The number of carbonyl (C=O) groups is 2. The quantitative estimate of drug-likeness (QED) is 0.425. The number of methoxy groups -OCH3 is 1. The number of hydrogen-bond donors (Lipinski definition) is 3. The van der Waals surface area contributed by atoms with Crippen LogP contribution in [0.25, 0.3) is 5.57 Å². The highest BCUT2D eigenvalue weighted by molar-refractivity contribution is 6.08. The molecule has 1 aromatic carbocycles. The van der Waals surface area contributed by atoms with E-state index in [2.05, 4.69) is 10.1 Å². The molecule has 7 heteroatoms. The van der Waals surface area contributed by atoms with Crippen LogP contribution in [-0.2, 0) is 14.3 Å². The van der Waals surface area contributed by atoms with Crippen LogP contribution >= 0.6 is 0 Å². The van der Waals surface area contributed by atoms with Gasteiger partial charge in [-0.15, -0.1) is 0 Å². The predicted molar refractivity (Wildman–Crippen MR) is 135 cm³/mol. The molecule has 0 radical (unpaired) electrons. The molecule has 3 atom stereocenters. The van der Waals surface area contributed by atoms with Crippen molar-refractivity contribution in [1.82, 2.24) is 5.32 Å². The van der Waals surface area contributed by atoms with Crippen molar-refractivity contribution in [3.8, 4) is 0 Å². The van der Waals surface area contributed by atoms with Crippen LogP contribution in [0.4, 0.5) is 4.39 Å². The number of dihydropyridines is 1. The molecule has 6 nitrogen and oxygen atoms in total. The van der Waals surface area contributed by atoms with E-state index in [0.29, 0.717) is 16.7 Å². The number of benzene rings is 1. The summed E-state index contributed by atoms with van der Waals surface area (Å²) in [5.74, 6) is -0.917. The SMILES string of the molecule is COC(=O)CC(O)CC(O)C=CC1=C(C(C)C)NC(C)(C(C)C)C(C(C)=O)=C1c1ccc(F)cc1. The Bertz CT molecular complexity index is 1020. The first-order valence-corrected chi connectivity index (χ1v) is 12.0. The van der Waals surface area contributed by atoms with Crippen molar-refractivity contribution >= 4 is 17.3 Å². The molecule has 3 unspecified atom stereocenters. The third-order valence-electron chi connectivity index (χ3n) is 6.57. The van der Waals surface area contributed by atoms with Crippen molar-refractivity contribution < 1.29 is 28.9 Å². The van der Waals surface area contributed by atoms with E-state index in [1.165, 1.54) is 26.2 Å². The molecule has 0 fully saturated rings. The lowest BCUT2D eigenvalue weighted by Gasteiger charge is -2.45. The minimum absolute atomic E-state index is 0.0534. The number of aliphatic hydroxyl groups excluding tert-OH is 2. The van der Waals surface area contributed by atoms with Crippen LogP contribution in [0.2, 0.25) is 0 Å². The van der Waals surface area contributed by atoms with E-state index in [1.807, 2.05) is 34.6 Å². The monoisotopic (exact) mass is 487 g/mol. The summed E-state index contributed by atoms with van der Waals surface area (Å²) in [6.07, 6.45) is 0.907. The maximum atomic E-state index is 13.8. The van der Waals surface area contributed by atoms with E-state index in [-0.39, 0.29) is 36.3 Å². The van der Waals surface area contributed by atoms with Crippen LogP contribution in [0.5, 0.6) is 0 Å². The third kappa shape index (κ3) is 6.67. The smallest absolute Gasteiger partial charge is 0.308 e. The van der Waals surface area contributed by atoms with Gasteiger partial charge in [0, 0.05) is 23.3 Å². The van der Waals surface area contributed by atoms with Crippen molar-refractivity contribution in [2.24, 2.45) is 11.8 Å². The van der Waals surface area contributed by atoms with Gasteiger partial charge < -0.3 is 20.3 Å². The lowest BCUT2D eigenvalue weighted by atomic mass is 9.70. The molecule has 0 bridgehead atoms. The summed E-state index contributed by atoms with van der Waals surface area (Å²) in [6.45, 7) is 11.7. The second kappa shape index (κ2) is 11.8. The first kappa shape index (κ1) is 28.5. The van der Waals surface area contributed by atoms with Gasteiger partial charge in [0.15, 0.2) is 5.78 Å². The molecular formula is C28H38FNO5. The van der Waals surface area contributed by atoms with E-state index in [9.17, 15) is 24.2 Å². The van der Waals surface area contributed by atoms with Gasteiger partial charge >= 0.3 is 5.97 Å². The second-order valence-electron chi connectivity index (χ2n) is 9.87. The van der Waals surface area contributed by atoms with Gasteiger partial charge in [-0.3, -0.25) is 9.59 Å². The van der Waals surface area contributed by atoms with Gasteiger partial charge in [0.25, 0.3) is 0 Å². The third-order valence-corrected chi connectivity index (χ3v) is 6.57. The number of rotatable bonds is 10. The number of Topliss-reactive ketones (excluding diaryl/α,β-unsaturated/α-hetero) is 1. The fourth-order valence-electron chi connectivity index (χ4n) is 4.38. The van der Waals surface area contributed by atoms with Crippen molar-refractivity contribution in [3.63, 3.8) is 0 Å². The number of carbonyl (C=O) groups excluding carboxylic acids is 2. The fraction of sp³-hybridized carbons (Fsp3) is 0.500. The highest BCUT2D eigenvalue weighted by Gasteiger charge is 2.42. The molecule has 1 heterocycles. The Balaban J connectivity index is 2.66. The summed E-state index contributed by atoms with van der Waals surface area (Å²) in [7, 11) is 1.24. The van der Waals surface area contributed by atoms with Crippen molar-refractivity contribution in [2.75, 3.05) is 7.11 Å². The van der Waals surface area contributed by atoms with Crippen molar-refractivity contribution in [2.45, 2.75) is 72.1 Å². The zero-order chi connectivity index (χ0) is 26.5. The Hall–Kier alpha value is -2.77. The number of ketones is 1. The number of esters is 1. The molecule has 3 N–H and O–H groups in total. The first-order valence-electron chi connectivity index (χ1n) is 12.0. The zero-order valence-electron chi connectivity index (χ0n) is 21.7. The van der Waals surface area contributed by atoms with Crippen LogP contribution in [-0.4, -0.2) is 46.8 Å².